The first-order valence-corrected chi connectivity index (χ1v) is 6.09. The number of phenols is 1. The van der Waals surface area contributed by atoms with Crippen molar-refractivity contribution in [3.63, 3.8) is 0 Å². The summed E-state index contributed by atoms with van der Waals surface area (Å²) in [7, 11) is 0. The molecule has 0 aromatic heterocycles. The first kappa shape index (κ1) is 12.1. The Balaban J connectivity index is 2.66. The predicted molar refractivity (Wildman–Crippen MR) is 65.3 cm³/mol. The molecule has 0 unspecified atom stereocenters. The maximum atomic E-state index is 10.0. The second-order valence-corrected chi connectivity index (χ2v) is 4.13. The van der Waals surface area contributed by atoms with Crippen LogP contribution < -0.4 is 0 Å². The van der Waals surface area contributed by atoms with E-state index in [0.717, 1.165) is 30.4 Å². The molecule has 1 nitrogen and oxygen atoms in total. The summed E-state index contributed by atoms with van der Waals surface area (Å²) in [6.07, 6.45) is 6.74. The zero-order chi connectivity index (χ0) is 11.1. The third kappa shape index (κ3) is 3.58. The van der Waals surface area contributed by atoms with Crippen LogP contribution in [-0.4, -0.2) is 5.11 Å². The van der Waals surface area contributed by atoms with Gasteiger partial charge in [-0.25, -0.2) is 0 Å². The Bertz CT molecular complexity index is 291. The highest BCUT2D eigenvalue weighted by molar-refractivity contribution is 5.40. The zero-order valence-electron chi connectivity index (χ0n) is 9.92. The van der Waals surface area contributed by atoms with Crippen LogP contribution in [0.25, 0.3) is 0 Å². The minimum Gasteiger partial charge on any atom is -0.507 e. The normalized spacial score (nSPS) is 10.5. The molecule has 0 spiro atoms. The topological polar surface area (TPSA) is 20.2 Å². The molecule has 0 saturated carbocycles. The fraction of sp³-hybridized carbons (Fsp3) is 0.571. The molecule has 0 aliphatic carbocycles. The summed E-state index contributed by atoms with van der Waals surface area (Å²) in [6, 6.07) is 6.14. The van der Waals surface area contributed by atoms with Gasteiger partial charge in [0.05, 0.1) is 0 Å². The standard InChI is InChI=1S/C14H22O/c1-3-5-6-9-13-11-7-10-12(8-4-2)14(13)15/h7,10-11,15H,3-6,8-9H2,1-2H3. The highest BCUT2D eigenvalue weighted by Crippen LogP contribution is 2.25. The third-order valence-electron chi connectivity index (χ3n) is 2.77. The molecule has 0 heterocycles. The van der Waals surface area contributed by atoms with Crippen LogP contribution >= 0.6 is 0 Å². The number of aryl methyl sites for hydroxylation is 2. The van der Waals surface area contributed by atoms with Crippen molar-refractivity contribution in [2.24, 2.45) is 0 Å². The summed E-state index contributed by atoms with van der Waals surface area (Å²) in [4.78, 5) is 0. The van der Waals surface area contributed by atoms with Crippen LogP contribution in [0, 0.1) is 0 Å². The molecule has 0 saturated heterocycles. The summed E-state index contributed by atoms with van der Waals surface area (Å²) in [6.45, 7) is 4.34. The van der Waals surface area contributed by atoms with Gasteiger partial charge in [0.1, 0.15) is 5.75 Å². The van der Waals surface area contributed by atoms with Gasteiger partial charge in [-0.3, -0.25) is 0 Å². The van der Waals surface area contributed by atoms with E-state index in [2.05, 4.69) is 19.9 Å². The van der Waals surface area contributed by atoms with E-state index in [1.165, 1.54) is 19.3 Å². The second-order valence-electron chi connectivity index (χ2n) is 4.13. The van der Waals surface area contributed by atoms with Crippen LogP contribution in [0.5, 0.6) is 5.75 Å². The first-order valence-electron chi connectivity index (χ1n) is 6.09. The fourth-order valence-corrected chi connectivity index (χ4v) is 1.88. The van der Waals surface area contributed by atoms with E-state index in [4.69, 9.17) is 0 Å². The predicted octanol–water partition coefficient (Wildman–Crippen LogP) is 4.08. The lowest BCUT2D eigenvalue weighted by Crippen LogP contribution is -1.91. The van der Waals surface area contributed by atoms with Crippen LogP contribution in [0.15, 0.2) is 18.2 Å². The Morgan fingerprint density at radius 2 is 1.60 bits per heavy atom. The van der Waals surface area contributed by atoms with E-state index in [9.17, 15) is 5.11 Å². The SMILES string of the molecule is CCCCCc1cccc(CCC)c1O. The Hall–Kier alpha value is -0.980. The number of rotatable bonds is 6. The number of hydrogen-bond donors (Lipinski definition) is 1. The van der Waals surface area contributed by atoms with E-state index in [-0.39, 0.29) is 0 Å². The molecule has 0 bridgehead atoms. The van der Waals surface area contributed by atoms with Crippen molar-refractivity contribution in [1.29, 1.82) is 0 Å². The van der Waals surface area contributed by atoms with E-state index in [0.29, 0.717) is 5.75 Å². The molecular weight excluding hydrogens is 184 g/mol. The van der Waals surface area contributed by atoms with Gasteiger partial charge < -0.3 is 5.11 Å². The molecule has 0 aliphatic heterocycles. The number of hydrogen-bond acceptors (Lipinski definition) is 1. The van der Waals surface area contributed by atoms with Crippen LogP contribution in [-0.2, 0) is 12.8 Å². The van der Waals surface area contributed by atoms with Crippen LogP contribution in [0.1, 0.15) is 50.7 Å². The summed E-state index contributed by atoms with van der Waals surface area (Å²) in [5.41, 5.74) is 2.22. The highest BCUT2D eigenvalue weighted by Gasteiger charge is 2.05. The molecule has 0 atom stereocenters. The molecule has 1 heteroatoms. The van der Waals surface area contributed by atoms with Gasteiger partial charge in [0.2, 0.25) is 0 Å². The van der Waals surface area contributed by atoms with Crippen LogP contribution in [0.2, 0.25) is 0 Å². The molecule has 0 amide bonds. The molecule has 0 fully saturated rings. The summed E-state index contributed by atoms with van der Waals surface area (Å²) < 4.78 is 0. The molecule has 84 valence electrons. The van der Waals surface area contributed by atoms with Gasteiger partial charge in [-0.1, -0.05) is 51.3 Å². The smallest absolute Gasteiger partial charge is 0.121 e. The lowest BCUT2D eigenvalue weighted by atomic mass is 10.0. The quantitative estimate of drug-likeness (QED) is 0.695. The van der Waals surface area contributed by atoms with Crippen molar-refractivity contribution < 1.29 is 5.11 Å². The minimum absolute atomic E-state index is 0.537. The molecule has 0 radical (unpaired) electrons. The Kier molecular flexibility index (Phi) is 5.23. The van der Waals surface area contributed by atoms with Crippen molar-refractivity contribution in [2.75, 3.05) is 0 Å². The van der Waals surface area contributed by atoms with Crippen molar-refractivity contribution in [3.05, 3.63) is 29.3 Å². The minimum atomic E-state index is 0.537. The molecule has 0 aliphatic rings. The van der Waals surface area contributed by atoms with Crippen molar-refractivity contribution >= 4 is 0 Å². The van der Waals surface area contributed by atoms with E-state index >= 15 is 0 Å². The number of aromatic hydroxyl groups is 1. The average Bonchev–Trinajstić information content (AvgIpc) is 2.24. The number of benzene rings is 1. The maximum absolute atomic E-state index is 10.0. The molecule has 1 N–H and O–H groups in total. The van der Waals surface area contributed by atoms with Crippen molar-refractivity contribution in [1.82, 2.24) is 0 Å². The molecular formula is C14H22O. The molecule has 15 heavy (non-hydrogen) atoms. The largest absolute Gasteiger partial charge is 0.507 e. The number of unbranched alkanes of at least 4 members (excludes halogenated alkanes) is 2. The summed E-state index contributed by atoms with van der Waals surface area (Å²) >= 11 is 0. The maximum Gasteiger partial charge on any atom is 0.121 e. The summed E-state index contributed by atoms with van der Waals surface area (Å²) in [5.74, 6) is 0.537. The van der Waals surface area contributed by atoms with Gasteiger partial charge in [-0.05, 0) is 30.4 Å². The van der Waals surface area contributed by atoms with Gasteiger partial charge in [-0.2, -0.15) is 0 Å². The monoisotopic (exact) mass is 206 g/mol. The van der Waals surface area contributed by atoms with Crippen LogP contribution in [0.4, 0.5) is 0 Å². The first-order chi connectivity index (χ1) is 7.29. The lowest BCUT2D eigenvalue weighted by molar-refractivity contribution is 0.459. The van der Waals surface area contributed by atoms with E-state index in [1.807, 2.05) is 12.1 Å². The third-order valence-corrected chi connectivity index (χ3v) is 2.77. The second kappa shape index (κ2) is 6.49. The number of phenolic OH excluding ortho intramolecular Hbond substituents is 1. The van der Waals surface area contributed by atoms with Gasteiger partial charge in [-0.15, -0.1) is 0 Å². The Labute approximate surface area is 93.1 Å². The Morgan fingerprint density at radius 1 is 0.933 bits per heavy atom. The van der Waals surface area contributed by atoms with Gasteiger partial charge in [0.15, 0.2) is 0 Å². The summed E-state index contributed by atoms with van der Waals surface area (Å²) in [5, 5.41) is 10.0. The fourth-order valence-electron chi connectivity index (χ4n) is 1.88. The van der Waals surface area contributed by atoms with E-state index in [1.54, 1.807) is 0 Å². The average molecular weight is 206 g/mol. The molecule has 1 rings (SSSR count). The zero-order valence-corrected chi connectivity index (χ0v) is 9.92. The number of para-hydroxylation sites is 1. The van der Waals surface area contributed by atoms with Crippen molar-refractivity contribution in [3.8, 4) is 5.75 Å². The Morgan fingerprint density at radius 3 is 2.20 bits per heavy atom. The van der Waals surface area contributed by atoms with Crippen molar-refractivity contribution in [2.45, 2.75) is 52.4 Å². The van der Waals surface area contributed by atoms with Gasteiger partial charge in [0, 0.05) is 0 Å². The van der Waals surface area contributed by atoms with Crippen LogP contribution in [0.3, 0.4) is 0 Å². The van der Waals surface area contributed by atoms with Gasteiger partial charge in [0.25, 0.3) is 0 Å². The molecule has 1 aromatic carbocycles. The molecule has 1 aromatic rings. The van der Waals surface area contributed by atoms with Gasteiger partial charge >= 0.3 is 0 Å². The lowest BCUT2D eigenvalue weighted by Gasteiger charge is -2.08. The van der Waals surface area contributed by atoms with E-state index < -0.39 is 0 Å². The highest BCUT2D eigenvalue weighted by atomic mass is 16.3.